The monoisotopic (exact) mass is 409 g/mol. The molecule has 0 amide bonds. The van der Waals surface area contributed by atoms with Crippen molar-refractivity contribution in [3.05, 3.63) is 51.7 Å². The van der Waals surface area contributed by atoms with E-state index in [-0.39, 0.29) is 5.41 Å². The summed E-state index contributed by atoms with van der Waals surface area (Å²) < 4.78 is 0. The molecule has 3 rings (SSSR count). The van der Waals surface area contributed by atoms with Gasteiger partial charge in [0.1, 0.15) is 4.88 Å². The lowest BCUT2D eigenvalue weighted by Gasteiger charge is -2.37. The third-order valence-electron chi connectivity index (χ3n) is 5.40. The Morgan fingerprint density at radius 1 is 1.17 bits per heavy atom. The maximum atomic E-state index is 12.1. The van der Waals surface area contributed by atoms with Crippen molar-refractivity contribution in [2.75, 3.05) is 4.90 Å². The standard InChI is InChI=1S/C25H31NO2S/c1-18-10-12-20(13-11-18)26(17-19-8-6-5-7-9-19)22-16-21(14-15-25(2,3)4)29-23(22)24(27)28/h5-9,16,18,20H,10-13,17H2,1-4H3,(H,27,28)/t18-,20+. The summed E-state index contributed by atoms with van der Waals surface area (Å²) in [5.74, 6) is 6.33. The fourth-order valence-electron chi connectivity index (χ4n) is 3.80. The number of carbonyl (C=O) groups is 1. The van der Waals surface area contributed by atoms with E-state index in [1.165, 1.54) is 29.7 Å². The summed E-state index contributed by atoms with van der Waals surface area (Å²) in [6.07, 6.45) is 4.59. The molecule has 1 aromatic heterocycles. The summed E-state index contributed by atoms with van der Waals surface area (Å²) >= 11 is 1.30. The zero-order valence-corrected chi connectivity index (χ0v) is 18.7. The molecule has 1 fully saturated rings. The number of aromatic carboxylic acids is 1. The predicted octanol–water partition coefficient (Wildman–Crippen LogP) is 6.43. The normalized spacial score (nSPS) is 19.3. The van der Waals surface area contributed by atoms with E-state index in [0.717, 1.165) is 35.9 Å². The van der Waals surface area contributed by atoms with Crippen molar-refractivity contribution in [2.24, 2.45) is 11.3 Å². The number of anilines is 1. The lowest BCUT2D eigenvalue weighted by Crippen LogP contribution is -2.38. The first kappa shape index (κ1) is 21.5. The molecule has 0 spiro atoms. The van der Waals surface area contributed by atoms with E-state index in [1.807, 2.05) is 24.3 Å². The molecule has 1 N–H and O–H groups in total. The second-order valence-electron chi connectivity index (χ2n) is 9.16. The highest BCUT2D eigenvalue weighted by Gasteiger charge is 2.29. The van der Waals surface area contributed by atoms with E-state index in [2.05, 4.69) is 56.6 Å². The zero-order valence-electron chi connectivity index (χ0n) is 17.9. The van der Waals surface area contributed by atoms with Crippen LogP contribution in [0.2, 0.25) is 0 Å². The van der Waals surface area contributed by atoms with Gasteiger partial charge in [-0.25, -0.2) is 4.79 Å². The van der Waals surface area contributed by atoms with Crippen molar-refractivity contribution in [3.63, 3.8) is 0 Å². The summed E-state index contributed by atoms with van der Waals surface area (Å²) in [6.45, 7) is 9.24. The third-order valence-corrected chi connectivity index (χ3v) is 6.43. The molecule has 1 aromatic carbocycles. The first-order chi connectivity index (χ1) is 13.7. The lowest BCUT2D eigenvalue weighted by atomic mass is 9.86. The van der Waals surface area contributed by atoms with Crippen molar-refractivity contribution in [1.29, 1.82) is 0 Å². The number of carboxylic acid groups (broad SMARTS) is 1. The van der Waals surface area contributed by atoms with Gasteiger partial charge in [0.15, 0.2) is 0 Å². The SMILES string of the molecule is CC(C)(C)C#Cc1cc(N(Cc2ccccc2)[C@H]2CC[C@@H](C)CC2)c(C(=O)O)s1. The zero-order chi connectivity index (χ0) is 21.0. The van der Waals surface area contributed by atoms with Crippen molar-refractivity contribution in [1.82, 2.24) is 0 Å². The summed E-state index contributed by atoms with van der Waals surface area (Å²) in [5.41, 5.74) is 1.91. The Bertz CT molecular complexity index is 890. The van der Waals surface area contributed by atoms with Crippen LogP contribution in [0.1, 0.15) is 73.5 Å². The second kappa shape index (κ2) is 9.05. The van der Waals surface area contributed by atoms with Crippen molar-refractivity contribution in [2.45, 2.75) is 66.0 Å². The van der Waals surface area contributed by atoms with Crippen LogP contribution < -0.4 is 4.90 Å². The molecule has 1 saturated carbocycles. The van der Waals surface area contributed by atoms with Crippen LogP contribution in [0.25, 0.3) is 0 Å². The van der Waals surface area contributed by atoms with Gasteiger partial charge in [-0.05, 0) is 64.0 Å². The van der Waals surface area contributed by atoms with Gasteiger partial charge in [-0.2, -0.15) is 0 Å². The summed E-state index contributed by atoms with van der Waals surface area (Å²) in [6, 6.07) is 12.7. The van der Waals surface area contributed by atoms with Crippen molar-refractivity contribution < 1.29 is 9.90 Å². The maximum absolute atomic E-state index is 12.1. The predicted molar refractivity (Wildman–Crippen MR) is 122 cm³/mol. The van der Waals surface area contributed by atoms with Gasteiger partial charge in [0.05, 0.1) is 10.6 Å². The quantitative estimate of drug-likeness (QED) is 0.579. The summed E-state index contributed by atoms with van der Waals surface area (Å²) in [7, 11) is 0. The van der Waals surface area contributed by atoms with Crippen LogP contribution in [0.4, 0.5) is 5.69 Å². The van der Waals surface area contributed by atoms with Gasteiger partial charge >= 0.3 is 5.97 Å². The highest BCUT2D eigenvalue weighted by atomic mass is 32.1. The lowest BCUT2D eigenvalue weighted by molar-refractivity contribution is 0.0702. The molecule has 4 heteroatoms. The molecule has 154 valence electrons. The average Bonchev–Trinajstić information content (AvgIpc) is 3.10. The Morgan fingerprint density at radius 2 is 1.83 bits per heavy atom. The minimum absolute atomic E-state index is 0.114. The molecule has 0 aliphatic heterocycles. The van der Waals surface area contributed by atoms with E-state index in [1.54, 1.807) is 0 Å². The van der Waals surface area contributed by atoms with E-state index < -0.39 is 5.97 Å². The van der Waals surface area contributed by atoms with Crippen LogP contribution in [0.15, 0.2) is 36.4 Å². The van der Waals surface area contributed by atoms with Crippen LogP contribution in [0, 0.1) is 23.2 Å². The number of thiophene rings is 1. The molecule has 1 aliphatic carbocycles. The van der Waals surface area contributed by atoms with E-state index in [9.17, 15) is 9.90 Å². The Kier molecular flexibility index (Phi) is 6.70. The molecule has 1 aliphatic rings. The minimum Gasteiger partial charge on any atom is -0.477 e. The average molecular weight is 410 g/mol. The fraction of sp³-hybridized carbons (Fsp3) is 0.480. The number of hydrogen-bond donors (Lipinski definition) is 1. The molecular weight excluding hydrogens is 378 g/mol. The summed E-state index contributed by atoms with van der Waals surface area (Å²) in [4.78, 5) is 15.6. The van der Waals surface area contributed by atoms with Gasteiger partial charge in [-0.1, -0.05) is 49.1 Å². The fourth-order valence-corrected chi connectivity index (χ4v) is 4.66. The first-order valence-corrected chi connectivity index (χ1v) is 11.3. The molecule has 29 heavy (non-hydrogen) atoms. The Labute approximate surface area is 178 Å². The van der Waals surface area contributed by atoms with Gasteiger partial charge < -0.3 is 10.0 Å². The molecule has 0 saturated heterocycles. The molecular formula is C25H31NO2S. The molecule has 0 radical (unpaired) electrons. The summed E-state index contributed by atoms with van der Waals surface area (Å²) in [5, 5.41) is 9.90. The second-order valence-corrected chi connectivity index (χ2v) is 10.2. The van der Waals surface area contributed by atoms with E-state index in [4.69, 9.17) is 0 Å². The number of nitrogens with zero attached hydrogens (tertiary/aromatic N) is 1. The van der Waals surface area contributed by atoms with Crippen LogP contribution in [0.5, 0.6) is 0 Å². The van der Waals surface area contributed by atoms with Gasteiger partial charge in [0, 0.05) is 18.0 Å². The first-order valence-electron chi connectivity index (χ1n) is 10.4. The van der Waals surface area contributed by atoms with Crippen LogP contribution in [-0.2, 0) is 6.54 Å². The number of rotatable bonds is 5. The number of hydrogen-bond acceptors (Lipinski definition) is 3. The molecule has 0 unspecified atom stereocenters. The van der Waals surface area contributed by atoms with Crippen LogP contribution >= 0.6 is 11.3 Å². The highest BCUT2D eigenvalue weighted by molar-refractivity contribution is 7.15. The Balaban J connectivity index is 2.00. The number of carboxylic acids is 1. The Morgan fingerprint density at radius 3 is 2.41 bits per heavy atom. The molecule has 0 bridgehead atoms. The maximum Gasteiger partial charge on any atom is 0.348 e. The molecule has 1 heterocycles. The van der Waals surface area contributed by atoms with E-state index in [0.29, 0.717) is 10.9 Å². The van der Waals surface area contributed by atoms with Crippen LogP contribution in [-0.4, -0.2) is 17.1 Å². The van der Waals surface area contributed by atoms with Gasteiger partial charge in [-0.15, -0.1) is 11.3 Å². The van der Waals surface area contributed by atoms with Gasteiger partial charge in [0.25, 0.3) is 0 Å². The van der Waals surface area contributed by atoms with Crippen molar-refractivity contribution >= 4 is 23.0 Å². The highest BCUT2D eigenvalue weighted by Crippen LogP contribution is 2.37. The topological polar surface area (TPSA) is 40.5 Å². The van der Waals surface area contributed by atoms with Gasteiger partial charge in [0.2, 0.25) is 0 Å². The molecule has 0 atom stereocenters. The minimum atomic E-state index is -0.865. The molecule has 2 aromatic rings. The smallest absolute Gasteiger partial charge is 0.348 e. The van der Waals surface area contributed by atoms with Crippen molar-refractivity contribution in [3.8, 4) is 11.8 Å². The molecule has 3 nitrogen and oxygen atoms in total. The van der Waals surface area contributed by atoms with E-state index >= 15 is 0 Å². The number of benzene rings is 1. The van der Waals surface area contributed by atoms with Gasteiger partial charge in [-0.3, -0.25) is 0 Å². The largest absolute Gasteiger partial charge is 0.477 e. The Hall–Kier alpha value is -2.25. The van der Waals surface area contributed by atoms with Crippen LogP contribution in [0.3, 0.4) is 0 Å². The third kappa shape index (κ3) is 5.87.